The summed E-state index contributed by atoms with van der Waals surface area (Å²) in [7, 11) is 0. The molecule has 1 rings (SSSR count). The van der Waals surface area contributed by atoms with Gasteiger partial charge in [-0.1, -0.05) is 27.7 Å². The number of nitrogens with zero attached hydrogens (tertiary/aromatic N) is 2. The number of hydrogen-bond acceptors (Lipinski definition) is 1. The average Bonchev–Trinajstić information content (AvgIpc) is 2.10. The minimum absolute atomic E-state index is 0.696. The molecule has 1 aliphatic heterocycles. The summed E-state index contributed by atoms with van der Waals surface area (Å²) in [5.74, 6) is 1.39. The third-order valence-corrected chi connectivity index (χ3v) is 3.08. The van der Waals surface area contributed by atoms with Crippen molar-refractivity contribution in [2.24, 2.45) is 11.8 Å². The highest BCUT2D eigenvalue weighted by atomic mass is 32.1. The second-order valence-corrected chi connectivity index (χ2v) is 5.68. The fraction of sp³-hybridized carbons (Fsp3) is 0.917. The molecule has 2 nitrogen and oxygen atoms in total. The second-order valence-electron chi connectivity index (χ2n) is 5.32. The van der Waals surface area contributed by atoms with Crippen molar-refractivity contribution in [2.75, 3.05) is 26.2 Å². The van der Waals surface area contributed by atoms with Crippen LogP contribution in [0.15, 0.2) is 0 Å². The Morgan fingerprint density at radius 2 is 1.40 bits per heavy atom. The van der Waals surface area contributed by atoms with Crippen LogP contribution in [0, 0.1) is 11.8 Å². The minimum atomic E-state index is 0.696. The lowest BCUT2D eigenvalue weighted by molar-refractivity contribution is 0.236. The number of hydrogen-bond donors (Lipinski definition) is 0. The lowest BCUT2D eigenvalue weighted by Crippen LogP contribution is -2.51. The van der Waals surface area contributed by atoms with Gasteiger partial charge in [-0.2, -0.15) is 0 Å². The molecule has 0 aromatic heterocycles. The molecule has 15 heavy (non-hydrogen) atoms. The van der Waals surface area contributed by atoms with E-state index in [-0.39, 0.29) is 0 Å². The van der Waals surface area contributed by atoms with Crippen molar-refractivity contribution in [1.29, 1.82) is 0 Å². The molecule has 0 atom stereocenters. The van der Waals surface area contributed by atoms with Crippen LogP contribution in [-0.4, -0.2) is 41.1 Å². The molecular weight excluding hydrogens is 204 g/mol. The Hall–Kier alpha value is -0.310. The van der Waals surface area contributed by atoms with Gasteiger partial charge < -0.3 is 9.80 Å². The van der Waals surface area contributed by atoms with Crippen LogP contribution in [0.1, 0.15) is 34.1 Å². The first-order valence-corrected chi connectivity index (χ1v) is 6.45. The van der Waals surface area contributed by atoms with Gasteiger partial charge in [0, 0.05) is 26.2 Å². The molecule has 0 aromatic carbocycles. The van der Waals surface area contributed by atoms with Crippen LogP contribution in [0.5, 0.6) is 0 Å². The van der Waals surface area contributed by atoms with E-state index in [2.05, 4.69) is 37.5 Å². The summed E-state index contributed by atoms with van der Waals surface area (Å²) in [4.78, 5) is 4.73. The van der Waals surface area contributed by atoms with E-state index in [9.17, 15) is 0 Å². The van der Waals surface area contributed by atoms with Gasteiger partial charge in [0.1, 0.15) is 0 Å². The molecular formula is C12H24N2S. The monoisotopic (exact) mass is 228 g/mol. The van der Waals surface area contributed by atoms with Gasteiger partial charge in [-0.25, -0.2) is 0 Å². The Morgan fingerprint density at radius 3 is 1.73 bits per heavy atom. The molecule has 1 aliphatic rings. The van der Waals surface area contributed by atoms with Crippen LogP contribution in [0.3, 0.4) is 0 Å². The minimum Gasteiger partial charge on any atom is -0.349 e. The largest absolute Gasteiger partial charge is 0.349 e. The van der Waals surface area contributed by atoms with Gasteiger partial charge in [-0.3, -0.25) is 0 Å². The zero-order valence-corrected chi connectivity index (χ0v) is 11.3. The number of rotatable bonds is 4. The van der Waals surface area contributed by atoms with E-state index in [1.54, 1.807) is 0 Å². The Bertz CT molecular complexity index is 194. The highest BCUT2D eigenvalue weighted by molar-refractivity contribution is 7.80. The third-order valence-electron chi connectivity index (χ3n) is 2.57. The Balaban J connectivity index is 2.51. The fourth-order valence-corrected chi connectivity index (χ4v) is 2.40. The standard InChI is InChI=1S/C12H24N2S/c1-10(2)8-13-6-5-7-14(12(13)15)9-11(3)4/h10-11H,5-9H2,1-4H3. The van der Waals surface area contributed by atoms with Gasteiger partial charge >= 0.3 is 0 Å². The summed E-state index contributed by atoms with van der Waals surface area (Å²) >= 11 is 5.54. The van der Waals surface area contributed by atoms with Crippen LogP contribution in [0.25, 0.3) is 0 Å². The van der Waals surface area contributed by atoms with Crippen LogP contribution >= 0.6 is 12.2 Å². The molecule has 0 spiro atoms. The molecule has 0 saturated carbocycles. The van der Waals surface area contributed by atoms with E-state index >= 15 is 0 Å². The Kier molecular flexibility index (Phi) is 4.84. The first-order valence-electron chi connectivity index (χ1n) is 6.04. The first-order chi connectivity index (χ1) is 7.00. The molecule has 0 aromatic rings. The van der Waals surface area contributed by atoms with Gasteiger partial charge in [0.2, 0.25) is 0 Å². The molecule has 0 bridgehead atoms. The van der Waals surface area contributed by atoms with Gasteiger partial charge in [-0.15, -0.1) is 0 Å². The van der Waals surface area contributed by atoms with Crippen molar-refractivity contribution in [3.05, 3.63) is 0 Å². The summed E-state index contributed by atoms with van der Waals surface area (Å²) < 4.78 is 0. The molecule has 0 aliphatic carbocycles. The summed E-state index contributed by atoms with van der Waals surface area (Å²) in [5.41, 5.74) is 0. The van der Waals surface area contributed by atoms with E-state index in [0.717, 1.165) is 31.3 Å². The van der Waals surface area contributed by atoms with Crippen molar-refractivity contribution in [1.82, 2.24) is 9.80 Å². The van der Waals surface area contributed by atoms with E-state index in [0.29, 0.717) is 11.8 Å². The highest BCUT2D eigenvalue weighted by Gasteiger charge is 2.22. The van der Waals surface area contributed by atoms with E-state index in [1.807, 2.05) is 0 Å². The summed E-state index contributed by atoms with van der Waals surface area (Å²) in [5, 5.41) is 1.07. The molecule has 1 heterocycles. The van der Waals surface area contributed by atoms with Crippen LogP contribution < -0.4 is 0 Å². The average molecular weight is 228 g/mol. The van der Waals surface area contributed by atoms with Crippen molar-refractivity contribution in [3.8, 4) is 0 Å². The maximum Gasteiger partial charge on any atom is 0.171 e. The Labute approximate surface area is 99.6 Å². The predicted molar refractivity (Wildman–Crippen MR) is 70.0 cm³/mol. The molecule has 0 amide bonds. The highest BCUT2D eigenvalue weighted by Crippen LogP contribution is 2.13. The van der Waals surface area contributed by atoms with Crippen molar-refractivity contribution >= 4 is 17.3 Å². The molecule has 88 valence electrons. The molecule has 0 unspecified atom stereocenters. The van der Waals surface area contributed by atoms with Crippen LogP contribution in [-0.2, 0) is 0 Å². The lowest BCUT2D eigenvalue weighted by atomic mass is 10.1. The lowest BCUT2D eigenvalue weighted by Gasteiger charge is -2.40. The molecule has 1 saturated heterocycles. The first kappa shape index (κ1) is 12.8. The summed E-state index contributed by atoms with van der Waals surface area (Å²) in [6, 6.07) is 0. The molecule has 1 fully saturated rings. The topological polar surface area (TPSA) is 6.48 Å². The maximum atomic E-state index is 5.54. The summed E-state index contributed by atoms with van der Waals surface area (Å²) in [6.07, 6.45) is 1.25. The van der Waals surface area contributed by atoms with Crippen molar-refractivity contribution < 1.29 is 0 Å². The molecule has 0 N–H and O–H groups in total. The van der Waals surface area contributed by atoms with E-state index in [4.69, 9.17) is 12.2 Å². The quantitative estimate of drug-likeness (QED) is 0.683. The summed E-state index contributed by atoms with van der Waals surface area (Å²) in [6.45, 7) is 13.5. The van der Waals surface area contributed by atoms with E-state index in [1.165, 1.54) is 6.42 Å². The zero-order chi connectivity index (χ0) is 11.4. The van der Waals surface area contributed by atoms with Crippen LogP contribution in [0.4, 0.5) is 0 Å². The number of thiocarbonyl (C=S) groups is 1. The smallest absolute Gasteiger partial charge is 0.171 e. The third kappa shape index (κ3) is 3.98. The SMILES string of the molecule is CC(C)CN1CCCN(CC(C)C)C1=S. The van der Waals surface area contributed by atoms with Crippen molar-refractivity contribution in [3.63, 3.8) is 0 Å². The zero-order valence-electron chi connectivity index (χ0n) is 10.5. The van der Waals surface area contributed by atoms with Gasteiger partial charge in [0.25, 0.3) is 0 Å². The van der Waals surface area contributed by atoms with Gasteiger partial charge in [-0.05, 0) is 30.5 Å². The van der Waals surface area contributed by atoms with Crippen LogP contribution in [0.2, 0.25) is 0 Å². The van der Waals surface area contributed by atoms with Crippen molar-refractivity contribution in [2.45, 2.75) is 34.1 Å². The second kappa shape index (κ2) is 5.69. The van der Waals surface area contributed by atoms with E-state index < -0.39 is 0 Å². The van der Waals surface area contributed by atoms with Gasteiger partial charge in [0.05, 0.1) is 0 Å². The van der Waals surface area contributed by atoms with Gasteiger partial charge in [0.15, 0.2) is 5.11 Å². The predicted octanol–water partition coefficient (Wildman–Crippen LogP) is 2.59. The molecule has 3 heteroatoms. The molecule has 0 radical (unpaired) electrons. The fourth-order valence-electron chi connectivity index (χ4n) is 2.06. The maximum absolute atomic E-state index is 5.54. The normalized spacial score (nSPS) is 18.1. The Morgan fingerprint density at radius 1 is 1.00 bits per heavy atom.